The van der Waals surface area contributed by atoms with Crippen LogP contribution in [0.25, 0.3) is 0 Å². The Balaban J connectivity index is 4.07. The van der Waals surface area contributed by atoms with Crippen molar-refractivity contribution < 1.29 is 4.52 Å². The fourth-order valence-electron chi connectivity index (χ4n) is 0.514. The minimum absolute atomic E-state index is 0.133. The van der Waals surface area contributed by atoms with E-state index in [4.69, 9.17) is 21.6 Å². The van der Waals surface area contributed by atoms with E-state index in [1.807, 2.05) is 13.6 Å². The fourth-order valence-corrected chi connectivity index (χ4v) is 1.87. The molecule has 0 saturated carbocycles. The molecule has 2 nitrogen and oxygen atoms in total. The molecule has 12 heavy (non-hydrogen) atoms. The summed E-state index contributed by atoms with van der Waals surface area (Å²) in [5.74, 6) is 0.484. The fraction of sp³-hybridized carbons (Fsp3) is 0.875. The number of hydrogen-bond acceptors (Lipinski definition) is 3. The van der Waals surface area contributed by atoms with E-state index in [2.05, 4.69) is 19.9 Å². The van der Waals surface area contributed by atoms with E-state index >= 15 is 0 Å². The first-order chi connectivity index (χ1) is 5.40. The Hall–Kier alpha value is 0.100. The number of nitrogens with zero attached hydrogens (tertiary/aromatic N) is 1. The van der Waals surface area contributed by atoms with Gasteiger partial charge in [0.2, 0.25) is 0 Å². The van der Waals surface area contributed by atoms with Crippen molar-refractivity contribution >= 4 is 18.1 Å². The third kappa shape index (κ3) is 4.21. The average molecular weight is 205 g/mol. The molecule has 0 unspecified atom stereocenters. The van der Waals surface area contributed by atoms with Gasteiger partial charge in [-0.1, -0.05) is 25.7 Å². The van der Waals surface area contributed by atoms with Crippen molar-refractivity contribution in [3.63, 3.8) is 0 Å². The molecule has 4 heteroatoms. The van der Waals surface area contributed by atoms with E-state index in [1.54, 1.807) is 0 Å². The predicted molar refractivity (Wildman–Crippen MR) is 56.1 cm³/mol. The van der Waals surface area contributed by atoms with Crippen molar-refractivity contribution in [2.24, 2.45) is 5.92 Å². The lowest BCUT2D eigenvalue weighted by atomic mass is 10.2. The molecule has 0 radical (unpaired) electrons. The van der Waals surface area contributed by atoms with Crippen molar-refractivity contribution in [1.82, 2.24) is 0 Å². The van der Waals surface area contributed by atoms with Crippen LogP contribution in [0.2, 0.25) is 0 Å². The van der Waals surface area contributed by atoms with Gasteiger partial charge in [-0.05, 0) is 19.5 Å². The van der Waals surface area contributed by atoms with Gasteiger partial charge in [-0.15, -0.1) is 0 Å². The molecule has 0 aromatic heterocycles. The summed E-state index contributed by atoms with van der Waals surface area (Å²) in [5.41, 5.74) is -0.133. The van der Waals surface area contributed by atoms with Gasteiger partial charge in [0.25, 0.3) is 0 Å². The van der Waals surface area contributed by atoms with Gasteiger partial charge in [0.05, 0.1) is 24.6 Å². The van der Waals surface area contributed by atoms with Crippen molar-refractivity contribution in [1.29, 1.82) is 5.26 Å². The van der Waals surface area contributed by atoms with E-state index < -0.39 is 6.26 Å². The summed E-state index contributed by atoms with van der Waals surface area (Å²) in [4.78, 5) is 0. The van der Waals surface area contributed by atoms with Crippen LogP contribution in [-0.4, -0.2) is 18.9 Å². The molecule has 70 valence electrons. The lowest BCUT2D eigenvalue weighted by Crippen LogP contribution is -2.06. The van der Waals surface area contributed by atoms with Crippen LogP contribution >= 0.6 is 6.26 Å². The van der Waals surface area contributed by atoms with Gasteiger partial charge in [-0.2, -0.15) is 5.26 Å². The summed E-state index contributed by atoms with van der Waals surface area (Å²) in [6.07, 6.45) is -1.87. The lowest BCUT2D eigenvalue weighted by Gasteiger charge is -2.20. The van der Waals surface area contributed by atoms with Crippen LogP contribution in [0.1, 0.15) is 20.8 Å². The smallest absolute Gasteiger partial charge is 0.0946 e. The first-order valence-corrected chi connectivity index (χ1v) is 7.25. The molecular formula is C8H16NOPS. The first-order valence-electron chi connectivity index (χ1n) is 4.01. The molecule has 0 aliphatic rings. The summed E-state index contributed by atoms with van der Waals surface area (Å²) in [5, 5.41) is 8.67. The number of hydrogen-bond donors (Lipinski definition) is 0. The molecule has 0 aliphatic carbocycles. The van der Waals surface area contributed by atoms with Crippen LogP contribution in [-0.2, 0) is 16.3 Å². The normalized spacial score (nSPS) is 18.3. The highest BCUT2D eigenvalue weighted by atomic mass is 32.4. The minimum atomic E-state index is -1.87. The molecule has 0 aromatic rings. The molecule has 0 saturated heterocycles. The third-order valence-corrected chi connectivity index (χ3v) is 5.00. The van der Waals surface area contributed by atoms with Crippen molar-refractivity contribution in [2.75, 3.05) is 13.3 Å². The summed E-state index contributed by atoms with van der Waals surface area (Å²) >= 11 is 5.25. The van der Waals surface area contributed by atoms with Gasteiger partial charge in [-0.25, -0.2) is 0 Å². The molecule has 0 bridgehead atoms. The zero-order valence-corrected chi connectivity index (χ0v) is 9.78. The molecule has 0 aromatic carbocycles. The zero-order valence-electron chi connectivity index (χ0n) is 8.07. The second-order valence-electron chi connectivity index (χ2n) is 3.40. The molecule has 0 fully saturated rings. The van der Waals surface area contributed by atoms with E-state index in [9.17, 15) is 0 Å². The van der Waals surface area contributed by atoms with Gasteiger partial charge in [0, 0.05) is 0 Å². The Morgan fingerprint density at radius 2 is 2.00 bits per heavy atom. The quantitative estimate of drug-likeness (QED) is 0.661. The second kappa shape index (κ2) is 4.97. The Labute approximate surface area is 80.0 Å². The average Bonchev–Trinajstić information content (AvgIpc) is 1.99. The molecule has 0 amide bonds. The lowest BCUT2D eigenvalue weighted by molar-refractivity contribution is 0.297. The zero-order chi connectivity index (χ0) is 9.78. The minimum Gasteiger partial charge on any atom is -0.349 e. The van der Waals surface area contributed by atoms with Crippen LogP contribution in [0.5, 0.6) is 0 Å². The monoisotopic (exact) mass is 205 g/mol. The maximum Gasteiger partial charge on any atom is 0.0946 e. The van der Waals surface area contributed by atoms with E-state index in [0.717, 1.165) is 0 Å². The topological polar surface area (TPSA) is 33.0 Å². The molecule has 0 rings (SSSR count). The number of rotatable bonds is 4. The molecular weight excluding hydrogens is 189 g/mol. The van der Waals surface area contributed by atoms with E-state index in [0.29, 0.717) is 12.5 Å². The summed E-state index contributed by atoms with van der Waals surface area (Å²) in [7, 11) is 0. The molecule has 0 N–H and O–H groups in total. The van der Waals surface area contributed by atoms with E-state index in [-0.39, 0.29) is 5.66 Å². The van der Waals surface area contributed by atoms with Gasteiger partial charge >= 0.3 is 0 Å². The molecule has 0 aliphatic heterocycles. The van der Waals surface area contributed by atoms with Gasteiger partial charge in [0.15, 0.2) is 0 Å². The Kier molecular flexibility index (Phi) is 5.01. The third-order valence-electron chi connectivity index (χ3n) is 1.55. The second-order valence-corrected chi connectivity index (χ2v) is 8.43. The highest BCUT2D eigenvalue weighted by molar-refractivity contribution is 8.12. The Morgan fingerprint density at radius 3 is 2.33 bits per heavy atom. The van der Waals surface area contributed by atoms with Gasteiger partial charge in [0.1, 0.15) is 0 Å². The van der Waals surface area contributed by atoms with E-state index in [1.165, 1.54) is 0 Å². The van der Waals surface area contributed by atoms with Crippen LogP contribution in [0.15, 0.2) is 0 Å². The SMILES string of the molecule is CC(C)CO[P@](C)(=S)[C@H](C)C#N. The van der Waals surface area contributed by atoms with Crippen LogP contribution in [0.4, 0.5) is 0 Å². The Bertz CT molecular complexity index is 222. The summed E-state index contributed by atoms with van der Waals surface area (Å²) < 4.78 is 5.55. The molecule has 0 heterocycles. The summed E-state index contributed by atoms with van der Waals surface area (Å²) in [6, 6.07) is 2.15. The first kappa shape index (κ1) is 12.1. The van der Waals surface area contributed by atoms with Crippen molar-refractivity contribution in [2.45, 2.75) is 26.4 Å². The standard InChI is InChI=1S/C8H16NOPS/c1-7(2)6-10-11(4,12)8(3)5-9/h7-8H,6H2,1-4H3/t8-,11-/m1/s1. The number of nitriles is 1. The van der Waals surface area contributed by atoms with Crippen molar-refractivity contribution in [3.05, 3.63) is 0 Å². The van der Waals surface area contributed by atoms with Crippen LogP contribution < -0.4 is 0 Å². The van der Waals surface area contributed by atoms with Gasteiger partial charge in [-0.3, -0.25) is 0 Å². The highest BCUT2D eigenvalue weighted by Crippen LogP contribution is 2.48. The van der Waals surface area contributed by atoms with Crippen LogP contribution in [0, 0.1) is 17.2 Å². The summed E-state index contributed by atoms with van der Waals surface area (Å²) in [6.45, 7) is 8.54. The largest absolute Gasteiger partial charge is 0.349 e. The maximum atomic E-state index is 8.67. The van der Waals surface area contributed by atoms with Crippen molar-refractivity contribution in [3.8, 4) is 6.07 Å². The molecule has 0 spiro atoms. The van der Waals surface area contributed by atoms with Crippen LogP contribution in [0.3, 0.4) is 0 Å². The van der Waals surface area contributed by atoms with Gasteiger partial charge < -0.3 is 4.52 Å². The highest BCUT2D eigenvalue weighted by Gasteiger charge is 2.19. The predicted octanol–water partition coefficient (Wildman–Crippen LogP) is 2.60. The Morgan fingerprint density at radius 1 is 1.50 bits per heavy atom. The maximum absolute atomic E-state index is 8.67. The molecule has 2 atom stereocenters.